The van der Waals surface area contributed by atoms with Crippen molar-refractivity contribution >= 4 is 27.3 Å². The molecule has 0 spiro atoms. The van der Waals surface area contributed by atoms with Gasteiger partial charge in [-0.3, -0.25) is 0 Å². The van der Waals surface area contributed by atoms with Crippen molar-refractivity contribution in [3.8, 4) is 0 Å². The van der Waals surface area contributed by atoms with E-state index in [1.165, 1.54) is 15.3 Å². The summed E-state index contributed by atoms with van der Waals surface area (Å²) in [6.45, 7) is 6.70. The van der Waals surface area contributed by atoms with Crippen LogP contribution in [0.2, 0.25) is 0 Å². The molecule has 2 unspecified atom stereocenters. The average Bonchev–Trinajstić information content (AvgIpc) is 2.94. The van der Waals surface area contributed by atoms with E-state index in [1.807, 2.05) is 11.3 Å². The predicted octanol–water partition coefficient (Wildman–Crippen LogP) is 5.87. The molecule has 2 atom stereocenters. The first kappa shape index (κ1) is 15.7. The first-order valence-electron chi connectivity index (χ1n) is 7.24. The Morgan fingerprint density at radius 1 is 1.10 bits per heavy atom. The minimum absolute atomic E-state index is 0.397. The summed E-state index contributed by atoms with van der Waals surface area (Å²) in [6, 6.07) is 13.9. The van der Waals surface area contributed by atoms with Gasteiger partial charge in [-0.1, -0.05) is 41.9 Å². The summed E-state index contributed by atoms with van der Waals surface area (Å²) in [5, 5.41) is 3.75. The fourth-order valence-corrected chi connectivity index (χ4v) is 3.57. The van der Waals surface area contributed by atoms with Crippen LogP contribution in [0.25, 0.3) is 0 Å². The highest BCUT2D eigenvalue weighted by Crippen LogP contribution is 2.27. The standard InChI is InChI=1S/C17H22BrNS/c1-4-15-10-11-17(20-15)12(3)19-16(5-2)13-6-8-14(18)9-7-13/h6-12,16,19H,4-5H2,1-3H3. The number of aryl methyl sites for hydroxylation is 1. The Bertz CT molecular complexity index is 532. The summed E-state index contributed by atoms with van der Waals surface area (Å²) in [6.07, 6.45) is 2.22. The zero-order valence-electron chi connectivity index (χ0n) is 12.3. The summed E-state index contributed by atoms with van der Waals surface area (Å²) < 4.78 is 1.13. The molecule has 1 heterocycles. The van der Waals surface area contributed by atoms with Crippen LogP contribution in [-0.2, 0) is 6.42 Å². The van der Waals surface area contributed by atoms with Crippen LogP contribution in [-0.4, -0.2) is 0 Å². The molecule has 2 rings (SSSR count). The van der Waals surface area contributed by atoms with Gasteiger partial charge < -0.3 is 5.32 Å². The molecule has 3 heteroatoms. The van der Waals surface area contributed by atoms with Gasteiger partial charge in [-0.25, -0.2) is 0 Å². The lowest BCUT2D eigenvalue weighted by atomic mass is 10.0. The third-order valence-corrected chi connectivity index (χ3v) is 5.53. The van der Waals surface area contributed by atoms with E-state index in [-0.39, 0.29) is 0 Å². The number of hydrogen-bond donors (Lipinski definition) is 1. The Morgan fingerprint density at radius 3 is 2.35 bits per heavy atom. The maximum absolute atomic E-state index is 3.75. The largest absolute Gasteiger partial charge is 0.303 e. The molecule has 20 heavy (non-hydrogen) atoms. The first-order chi connectivity index (χ1) is 9.63. The molecule has 1 aromatic carbocycles. The summed E-state index contributed by atoms with van der Waals surface area (Å²) in [5.41, 5.74) is 1.36. The zero-order chi connectivity index (χ0) is 14.5. The highest BCUT2D eigenvalue weighted by atomic mass is 79.9. The van der Waals surface area contributed by atoms with Crippen LogP contribution < -0.4 is 5.32 Å². The Labute approximate surface area is 134 Å². The fraction of sp³-hybridized carbons (Fsp3) is 0.412. The molecule has 108 valence electrons. The molecule has 1 aromatic heterocycles. The number of benzene rings is 1. The number of rotatable bonds is 6. The van der Waals surface area contributed by atoms with Gasteiger partial charge in [0.2, 0.25) is 0 Å². The lowest BCUT2D eigenvalue weighted by Crippen LogP contribution is -2.23. The second-order valence-corrected chi connectivity index (χ2v) is 7.17. The molecule has 0 amide bonds. The van der Waals surface area contributed by atoms with Crippen molar-refractivity contribution in [3.63, 3.8) is 0 Å². The molecule has 0 saturated carbocycles. The highest BCUT2D eigenvalue weighted by Gasteiger charge is 2.15. The van der Waals surface area contributed by atoms with E-state index in [4.69, 9.17) is 0 Å². The molecule has 0 aliphatic rings. The van der Waals surface area contributed by atoms with Crippen LogP contribution in [0, 0.1) is 0 Å². The molecular formula is C17H22BrNS. The van der Waals surface area contributed by atoms with Gasteiger partial charge in [0, 0.05) is 26.3 Å². The van der Waals surface area contributed by atoms with Crippen LogP contribution in [0.4, 0.5) is 0 Å². The van der Waals surface area contributed by atoms with Crippen LogP contribution in [0.1, 0.15) is 54.6 Å². The molecule has 0 fully saturated rings. The molecule has 0 bridgehead atoms. The van der Waals surface area contributed by atoms with Crippen molar-refractivity contribution in [1.29, 1.82) is 0 Å². The first-order valence-corrected chi connectivity index (χ1v) is 8.85. The van der Waals surface area contributed by atoms with Gasteiger partial charge in [0.15, 0.2) is 0 Å². The summed E-state index contributed by atoms with van der Waals surface area (Å²) in [7, 11) is 0. The zero-order valence-corrected chi connectivity index (χ0v) is 14.7. The number of nitrogens with one attached hydrogen (secondary N) is 1. The van der Waals surface area contributed by atoms with Gasteiger partial charge in [-0.15, -0.1) is 11.3 Å². The summed E-state index contributed by atoms with van der Waals surface area (Å²) in [5.74, 6) is 0. The molecule has 2 aromatic rings. The predicted molar refractivity (Wildman–Crippen MR) is 92.4 cm³/mol. The maximum atomic E-state index is 3.75. The van der Waals surface area contributed by atoms with Crippen molar-refractivity contribution < 1.29 is 0 Å². The van der Waals surface area contributed by atoms with Crippen molar-refractivity contribution in [2.45, 2.75) is 45.7 Å². The molecule has 0 radical (unpaired) electrons. The molecule has 1 N–H and O–H groups in total. The van der Waals surface area contributed by atoms with Crippen LogP contribution in [0.5, 0.6) is 0 Å². The quantitative estimate of drug-likeness (QED) is 0.685. The van der Waals surface area contributed by atoms with Crippen molar-refractivity contribution in [1.82, 2.24) is 5.32 Å². The number of halogens is 1. The van der Waals surface area contributed by atoms with Crippen LogP contribution in [0.3, 0.4) is 0 Å². The van der Waals surface area contributed by atoms with Crippen LogP contribution in [0.15, 0.2) is 40.9 Å². The van der Waals surface area contributed by atoms with Crippen molar-refractivity contribution in [3.05, 3.63) is 56.2 Å². The third kappa shape index (κ3) is 3.94. The van der Waals surface area contributed by atoms with Gasteiger partial charge in [0.1, 0.15) is 0 Å². The third-order valence-electron chi connectivity index (χ3n) is 3.59. The monoisotopic (exact) mass is 351 g/mol. The molecule has 0 aliphatic heterocycles. The molecule has 1 nitrogen and oxygen atoms in total. The van der Waals surface area contributed by atoms with Gasteiger partial charge in [-0.2, -0.15) is 0 Å². The molecule has 0 aliphatic carbocycles. The fourth-order valence-electron chi connectivity index (χ4n) is 2.35. The molecular weight excluding hydrogens is 330 g/mol. The van der Waals surface area contributed by atoms with Crippen LogP contribution >= 0.6 is 27.3 Å². The van der Waals surface area contributed by atoms with E-state index in [9.17, 15) is 0 Å². The Morgan fingerprint density at radius 2 is 1.80 bits per heavy atom. The second-order valence-electron chi connectivity index (χ2n) is 5.06. The minimum atomic E-state index is 0.397. The van der Waals surface area contributed by atoms with E-state index in [1.54, 1.807) is 0 Å². The summed E-state index contributed by atoms with van der Waals surface area (Å²) in [4.78, 5) is 2.89. The van der Waals surface area contributed by atoms with E-state index < -0.39 is 0 Å². The Kier molecular flexibility index (Phi) is 5.82. The number of thiophene rings is 1. The van der Waals surface area contributed by atoms with E-state index in [0.29, 0.717) is 12.1 Å². The van der Waals surface area contributed by atoms with Crippen molar-refractivity contribution in [2.24, 2.45) is 0 Å². The SMILES string of the molecule is CCc1ccc(C(C)NC(CC)c2ccc(Br)cc2)s1. The normalized spacial score (nSPS) is 14.2. The highest BCUT2D eigenvalue weighted by molar-refractivity contribution is 9.10. The average molecular weight is 352 g/mol. The van der Waals surface area contributed by atoms with E-state index in [0.717, 1.165) is 17.3 Å². The topological polar surface area (TPSA) is 12.0 Å². The lowest BCUT2D eigenvalue weighted by molar-refractivity contribution is 0.460. The van der Waals surface area contributed by atoms with Gasteiger partial charge in [0.05, 0.1) is 0 Å². The molecule has 0 saturated heterocycles. The second kappa shape index (κ2) is 7.39. The van der Waals surface area contributed by atoms with E-state index in [2.05, 4.69) is 78.4 Å². The maximum Gasteiger partial charge on any atom is 0.0391 e. The Hall–Kier alpha value is -0.640. The number of hydrogen-bond acceptors (Lipinski definition) is 2. The van der Waals surface area contributed by atoms with E-state index >= 15 is 0 Å². The summed E-state index contributed by atoms with van der Waals surface area (Å²) >= 11 is 5.42. The lowest BCUT2D eigenvalue weighted by Gasteiger charge is -2.22. The van der Waals surface area contributed by atoms with Gasteiger partial charge in [0.25, 0.3) is 0 Å². The Balaban J connectivity index is 2.07. The minimum Gasteiger partial charge on any atom is -0.303 e. The van der Waals surface area contributed by atoms with Crippen molar-refractivity contribution in [2.75, 3.05) is 0 Å². The van der Waals surface area contributed by atoms with Gasteiger partial charge in [-0.05, 0) is 49.6 Å². The smallest absolute Gasteiger partial charge is 0.0391 e. The van der Waals surface area contributed by atoms with Gasteiger partial charge >= 0.3 is 0 Å².